The van der Waals surface area contributed by atoms with Gasteiger partial charge in [-0.25, -0.2) is 0 Å². The molecule has 83 heavy (non-hydrogen) atoms. The molecule has 8 aromatic rings. The number of rotatable bonds is 8. The zero-order valence-electron chi connectivity index (χ0n) is 41.7. The first kappa shape index (κ1) is 62.7. The van der Waals surface area contributed by atoms with Crippen LogP contribution in [0.25, 0.3) is 10.9 Å². The Kier molecular flexibility index (Phi) is 16.7. The molecule has 0 aliphatic carbocycles. The minimum absolute atomic E-state index is 0.691. The average molecular weight is 1200 g/mol. The van der Waals surface area contributed by atoms with E-state index in [1.807, 2.05) is 18.2 Å². The van der Waals surface area contributed by atoms with Gasteiger partial charge in [-0.1, -0.05) is 103 Å². The quantitative estimate of drug-likeness (QED) is 0.0840. The lowest BCUT2D eigenvalue weighted by Crippen LogP contribution is -2.75. The third kappa shape index (κ3) is 14.0. The molecule has 0 saturated carbocycles. The number of aromatic nitrogens is 1. The average Bonchev–Trinajstić information content (AvgIpc) is 1.18. The van der Waals surface area contributed by atoms with E-state index in [0.717, 1.165) is 18.2 Å². The molecule has 0 amide bonds. The molecule has 1 aromatic heterocycles. The van der Waals surface area contributed by atoms with Gasteiger partial charge in [-0.15, -0.1) is 0 Å². The number of alkyl halides is 24. The van der Waals surface area contributed by atoms with Crippen molar-refractivity contribution in [2.45, 2.75) is 69.8 Å². The monoisotopic (exact) mass is 1200 g/mol. The molecule has 0 unspecified atom stereocenters. The highest BCUT2D eigenvalue weighted by Gasteiger charge is 2.47. The molecule has 27 heteroatoms. The molecule has 2 nitrogen and oxygen atoms in total. The Labute approximate surface area is 453 Å². The molecule has 0 aliphatic rings. The Balaban J connectivity index is 0.000000313. The molecule has 1 heterocycles. The highest BCUT2D eigenvalue weighted by Crippen LogP contribution is 2.42. The van der Waals surface area contributed by atoms with Gasteiger partial charge >= 0.3 is 55.3 Å². The summed E-state index contributed by atoms with van der Waals surface area (Å²) in [5.74, 6) is 1.75. The summed E-state index contributed by atoms with van der Waals surface area (Å²) in [6.45, 7) is 4.98. The van der Waals surface area contributed by atoms with Crippen LogP contribution in [0.15, 0.2) is 158 Å². The van der Waals surface area contributed by atoms with Crippen molar-refractivity contribution in [2.75, 3.05) is 0 Å². The van der Waals surface area contributed by atoms with Crippen LogP contribution < -0.4 is 31.2 Å². The maximum absolute atomic E-state index is 14.2. The molecule has 8 rings (SSSR count). The van der Waals surface area contributed by atoms with Gasteiger partial charge in [-0.2, -0.15) is 132 Å². The number of ether oxygens (including phenoxy) is 1. The second kappa shape index (κ2) is 22.0. The Morgan fingerprint density at radius 3 is 0.976 bits per heavy atom. The normalized spacial score (nSPS) is 13.2. The van der Waals surface area contributed by atoms with Crippen LogP contribution in [0.2, 0.25) is 0 Å². The van der Waals surface area contributed by atoms with E-state index in [4.69, 9.17) is 4.74 Å². The van der Waals surface area contributed by atoms with E-state index >= 15 is 0 Å². The molecule has 0 N–H and O–H groups in total. The lowest BCUT2D eigenvalue weighted by Gasteiger charge is -2.46. The summed E-state index contributed by atoms with van der Waals surface area (Å²) in [5.41, 5.74) is -25.4. The van der Waals surface area contributed by atoms with Crippen molar-refractivity contribution in [3.8, 4) is 11.6 Å². The third-order valence-electron chi connectivity index (χ3n) is 13.3. The molecular formula is C56H34BF24NO. The van der Waals surface area contributed by atoms with Gasteiger partial charge in [0.15, 0.2) is 6.54 Å². The van der Waals surface area contributed by atoms with Crippen LogP contribution in [0, 0.1) is 13.8 Å². The van der Waals surface area contributed by atoms with Crippen molar-refractivity contribution in [3.05, 3.63) is 219 Å². The second-order valence-corrected chi connectivity index (χ2v) is 18.8. The maximum Gasteiger partial charge on any atom is 0.416 e. The topological polar surface area (TPSA) is 13.1 Å². The molecule has 0 saturated heterocycles. The number of aryl methyl sites for hydroxylation is 1. The lowest BCUT2D eigenvalue weighted by atomic mass is 9.12. The van der Waals surface area contributed by atoms with Gasteiger partial charge in [0.2, 0.25) is 5.52 Å². The fourth-order valence-corrected chi connectivity index (χ4v) is 9.28. The van der Waals surface area contributed by atoms with Crippen molar-refractivity contribution >= 4 is 38.9 Å². The summed E-state index contributed by atoms with van der Waals surface area (Å²) >= 11 is 0. The van der Waals surface area contributed by atoms with Crippen LogP contribution in [0.1, 0.15) is 61.2 Å². The van der Waals surface area contributed by atoms with E-state index in [2.05, 4.69) is 85.1 Å². The van der Waals surface area contributed by atoms with Crippen molar-refractivity contribution in [3.63, 3.8) is 0 Å². The van der Waals surface area contributed by atoms with Gasteiger partial charge in [-0.05, 0) is 67.4 Å². The summed E-state index contributed by atoms with van der Waals surface area (Å²) in [6.07, 6.45) is -54.8. The Morgan fingerprint density at radius 2 is 0.651 bits per heavy atom. The maximum atomic E-state index is 14.2. The number of hydrogen-bond acceptors (Lipinski definition) is 1. The number of hydrogen-bond donors (Lipinski definition) is 0. The minimum atomic E-state index is -6.13. The minimum Gasteiger partial charge on any atom is -0.405 e. The number of benzene rings is 7. The highest BCUT2D eigenvalue weighted by molar-refractivity contribution is 7.20. The van der Waals surface area contributed by atoms with Gasteiger partial charge in [-0.3, -0.25) is 0 Å². The summed E-state index contributed by atoms with van der Waals surface area (Å²) in [5, 5.41) is 1.21. The Hall–Kier alpha value is -7.87. The molecule has 0 atom stereocenters. The lowest BCUT2D eigenvalue weighted by molar-refractivity contribution is -0.666. The molecular weight excluding hydrogens is 1170 g/mol. The molecule has 0 aliphatic heterocycles. The summed E-state index contributed by atoms with van der Waals surface area (Å²) < 4.78 is 349. The van der Waals surface area contributed by atoms with Crippen molar-refractivity contribution in [2.24, 2.45) is 0 Å². The predicted molar refractivity (Wildman–Crippen MR) is 256 cm³/mol. The van der Waals surface area contributed by atoms with Crippen LogP contribution in [-0.4, -0.2) is 6.15 Å². The van der Waals surface area contributed by atoms with Crippen LogP contribution in [0.4, 0.5) is 105 Å². The Morgan fingerprint density at radius 1 is 0.337 bits per heavy atom. The van der Waals surface area contributed by atoms with Gasteiger partial charge in [0.25, 0.3) is 0 Å². The van der Waals surface area contributed by atoms with Crippen LogP contribution in [0.5, 0.6) is 11.6 Å². The largest absolute Gasteiger partial charge is 0.416 e. The number of nitrogens with zero attached hydrogens (tertiary/aromatic N) is 1. The van der Waals surface area contributed by atoms with Crippen molar-refractivity contribution in [1.29, 1.82) is 0 Å². The third-order valence-corrected chi connectivity index (χ3v) is 13.3. The van der Waals surface area contributed by atoms with Crippen LogP contribution >= 0.6 is 0 Å². The smallest absolute Gasteiger partial charge is 0.405 e. The van der Waals surface area contributed by atoms with Crippen molar-refractivity contribution < 1.29 is 115 Å². The van der Waals surface area contributed by atoms with Crippen LogP contribution in [-0.2, 0) is 56.0 Å². The molecule has 0 bridgehead atoms. The van der Waals surface area contributed by atoms with Crippen LogP contribution in [0.3, 0.4) is 0 Å². The first-order chi connectivity index (χ1) is 38.0. The van der Waals surface area contributed by atoms with E-state index in [1.165, 1.54) is 27.6 Å². The fourth-order valence-electron chi connectivity index (χ4n) is 9.28. The van der Waals surface area contributed by atoms with Gasteiger partial charge in [0.1, 0.15) is 11.9 Å². The number of para-hydroxylation sites is 1. The molecule has 0 radical (unpaired) electrons. The standard InChI is InChI=1S/C32H12BF24.C24H22NO/c34-25(35,36)13-1-14(26(37,38)39)6-21(5-13)33(22-7-15(27(40,41)42)2-16(8-22)28(43,44)45,23-9-17(29(46,47)48)3-18(10-23)30(49,50)51)24-11-19(31(52,53)54)4-20(12-24)32(55,56)57;1-18-9-8-14-23(19(18)2)26-24-16-15-21-12-6-7-13-22(21)25(24)17-20-10-4-3-5-11-20/h1-12H;3-16H,17H2,1-2H3/q-1;+1. The predicted octanol–water partition coefficient (Wildman–Crippen LogP) is 16.8. The van der Waals surface area contributed by atoms with Gasteiger partial charge in [0, 0.05) is 17.0 Å². The van der Waals surface area contributed by atoms with E-state index < -0.39 is 195 Å². The first-order valence-corrected chi connectivity index (χ1v) is 23.5. The molecule has 7 aromatic carbocycles. The molecule has 0 fully saturated rings. The van der Waals surface area contributed by atoms with E-state index in [1.54, 1.807) is 0 Å². The van der Waals surface area contributed by atoms with Gasteiger partial charge in [0.05, 0.1) is 50.6 Å². The zero-order valence-corrected chi connectivity index (χ0v) is 41.7. The van der Waals surface area contributed by atoms with Gasteiger partial charge < -0.3 is 4.74 Å². The van der Waals surface area contributed by atoms with E-state index in [9.17, 15) is 105 Å². The summed E-state index contributed by atoms with van der Waals surface area (Å²) in [7, 11) is 0. The second-order valence-electron chi connectivity index (χ2n) is 18.8. The summed E-state index contributed by atoms with van der Waals surface area (Å²) in [6, 6.07) is 20.5. The zero-order chi connectivity index (χ0) is 61.8. The first-order valence-electron chi connectivity index (χ1n) is 23.5. The number of pyridine rings is 1. The number of halogens is 24. The molecule has 440 valence electrons. The fraction of sp³-hybridized carbons (Fsp3) is 0.196. The SMILES string of the molecule is Cc1cccc(Oc2ccc3ccccc3[n+]2Cc2ccccc2)c1C.FC(F)(F)c1cc([B-](c2cc(C(F)(F)F)cc(C(F)(F)F)c2)(c2cc(C(F)(F)F)cc(C(F)(F)F)c2)c2cc(C(F)(F)F)cc(C(F)(F)F)c2)cc(C(F)(F)F)c1. The number of fused-ring (bicyclic) bond motifs is 1. The Bertz CT molecular complexity index is 3220. The van der Waals surface area contributed by atoms with E-state index in [0.29, 0.717) is 0 Å². The van der Waals surface area contributed by atoms with Crippen molar-refractivity contribution in [1.82, 2.24) is 0 Å². The summed E-state index contributed by atoms with van der Waals surface area (Å²) in [4.78, 5) is 0. The molecule has 0 spiro atoms. The van der Waals surface area contributed by atoms with E-state index in [-0.39, 0.29) is 0 Å². The highest BCUT2D eigenvalue weighted by atomic mass is 19.4.